The van der Waals surface area contributed by atoms with Gasteiger partial charge in [-0.05, 0) is 42.2 Å². The van der Waals surface area contributed by atoms with Gasteiger partial charge >= 0.3 is 12.4 Å². The van der Waals surface area contributed by atoms with E-state index in [0.717, 1.165) is 5.56 Å². The summed E-state index contributed by atoms with van der Waals surface area (Å²) in [4.78, 5) is 0. The van der Waals surface area contributed by atoms with E-state index in [9.17, 15) is 26.3 Å². The van der Waals surface area contributed by atoms with Crippen molar-refractivity contribution in [3.8, 4) is 12.3 Å². The van der Waals surface area contributed by atoms with E-state index in [0.29, 0.717) is 25.2 Å². The summed E-state index contributed by atoms with van der Waals surface area (Å²) in [6.07, 6.45) is -4.39. The number of halogens is 6. The molecule has 0 aliphatic carbocycles. The van der Waals surface area contributed by atoms with Crippen LogP contribution >= 0.6 is 0 Å². The zero-order chi connectivity index (χ0) is 22.6. The van der Waals surface area contributed by atoms with E-state index in [1.165, 1.54) is 0 Å². The maximum Gasteiger partial charge on any atom is 0.416 e. The average molecular weight is 442 g/mol. The van der Waals surface area contributed by atoms with Crippen LogP contribution in [-0.2, 0) is 28.2 Å². The van der Waals surface area contributed by atoms with E-state index in [1.54, 1.807) is 0 Å². The Morgan fingerprint density at radius 3 is 2.13 bits per heavy atom. The molecule has 1 unspecified atom stereocenters. The van der Waals surface area contributed by atoms with Crippen LogP contribution in [0.2, 0.25) is 0 Å². The zero-order valence-corrected chi connectivity index (χ0v) is 16.3. The first-order valence-electron chi connectivity index (χ1n) is 9.62. The maximum atomic E-state index is 13.0. The molecule has 2 nitrogen and oxygen atoms in total. The van der Waals surface area contributed by atoms with Crippen molar-refractivity contribution in [3.63, 3.8) is 0 Å². The molecule has 0 aromatic heterocycles. The van der Waals surface area contributed by atoms with Crippen molar-refractivity contribution in [3.05, 3.63) is 70.8 Å². The second-order valence-corrected chi connectivity index (χ2v) is 7.27. The molecule has 0 amide bonds. The minimum absolute atomic E-state index is 0.109. The highest BCUT2D eigenvalue weighted by Gasteiger charge is 2.37. The van der Waals surface area contributed by atoms with Crippen LogP contribution in [0, 0.1) is 18.3 Å². The molecular weight excluding hydrogens is 422 g/mol. The lowest BCUT2D eigenvalue weighted by Gasteiger charge is -2.36. The molecule has 0 radical (unpaired) electrons. The monoisotopic (exact) mass is 442 g/mol. The van der Waals surface area contributed by atoms with Gasteiger partial charge in [0.15, 0.2) is 6.29 Å². The van der Waals surface area contributed by atoms with Gasteiger partial charge in [0.05, 0.1) is 24.3 Å². The third kappa shape index (κ3) is 5.81. The Balaban J connectivity index is 1.76. The van der Waals surface area contributed by atoms with Crippen LogP contribution in [0.15, 0.2) is 48.5 Å². The molecule has 1 saturated heterocycles. The Hall–Kier alpha value is -2.50. The molecule has 0 saturated carbocycles. The van der Waals surface area contributed by atoms with Gasteiger partial charge in [-0.15, -0.1) is 12.3 Å². The Morgan fingerprint density at radius 1 is 0.968 bits per heavy atom. The zero-order valence-electron chi connectivity index (χ0n) is 16.3. The number of terminal acetylenes is 1. The smallest absolute Gasteiger partial charge is 0.352 e. The van der Waals surface area contributed by atoms with Crippen molar-refractivity contribution in [2.75, 3.05) is 13.2 Å². The quantitative estimate of drug-likeness (QED) is 0.414. The molecule has 0 N–H and O–H groups in total. The second-order valence-electron chi connectivity index (χ2n) is 7.27. The first-order valence-corrected chi connectivity index (χ1v) is 9.62. The van der Waals surface area contributed by atoms with Crippen molar-refractivity contribution in [1.29, 1.82) is 0 Å². The third-order valence-electron chi connectivity index (χ3n) is 5.16. The number of benzene rings is 2. The van der Waals surface area contributed by atoms with E-state index in [1.807, 2.05) is 30.3 Å². The van der Waals surface area contributed by atoms with Gasteiger partial charge in [-0.25, -0.2) is 0 Å². The summed E-state index contributed by atoms with van der Waals surface area (Å²) in [7, 11) is 0. The Labute approximate surface area is 176 Å². The molecule has 0 bridgehead atoms. The summed E-state index contributed by atoms with van der Waals surface area (Å²) in [6, 6.07) is 10.8. The normalized spacial score (nSPS) is 22.2. The number of ether oxygens (including phenoxy) is 2. The van der Waals surface area contributed by atoms with Crippen LogP contribution in [0.25, 0.3) is 0 Å². The summed E-state index contributed by atoms with van der Waals surface area (Å²) >= 11 is 0. The Morgan fingerprint density at radius 2 is 1.58 bits per heavy atom. The van der Waals surface area contributed by atoms with Gasteiger partial charge in [-0.2, -0.15) is 26.3 Å². The van der Waals surface area contributed by atoms with E-state index in [4.69, 9.17) is 15.9 Å². The van der Waals surface area contributed by atoms with E-state index in [-0.39, 0.29) is 36.5 Å². The van der Waals surface area contributed by atoms with Gasteiger partial charge in [-0.1, -0.05) is 30.3 Å². The lowest BCUT2D eigenvalue weighted by Crippen LogP contribution is -2.36. The molecule has 3 rings (SSSR count). The number of alkyl halides is 6. The highest BCUT2D eigenvalue weighted by Crippen LogP contribution is 2.38. The van der Waals surface area contributed by atoms with E-state index in [2.05, 4.69) is 5.92 Å². The van der Waals surface area contributed by atoms with Crippen LogP contribution < -0.4 is 0 Å². The van der Waals surface area contributed by atoms with Crippen LogP contribution in [0.5, 0.6) is 0 Å². The molecule has 166 valence electrons. The van der Waals surface area contributed by atoms with Gasteiger partial charge in [0.25, 0.3) is 0 Å². The molecule has 1 aliphatic rings. The van der Waals surface area contributed by atoms with Crippen molar-refractivity contribution in [1.82, 2.24) is 0 Å². The third-order valence-corrected chi connectivity index (χ3v) is 5.16. The average Bonchev–Trinajstić information content (AvgIpc) is 2.72. The molecule has 31 heavy (non-hydrogen) atoms. The summed E-state index contributed by atoms with van der Waals surface area (Å²) in [5.41, 5.74) is -1.92. The molecule has 2 aromatic carbocycles. The fraction of sp³-hybridized carbons (Fsp3) is 0.391. The highest BCUT2D eigenvalue weighted by atomic mass is 19.4. The van der Waals surface area contributed by atoms with Crippen molar-refractivity contribution >= 4 is 0 Å². The number of rotatable bonds is 5. The van der Waals surface area contributed by atoms with E-state index < -0.39 is 29.8 Å². The van der Waals surface area contributed by atoms with Crippen LogP contribution in [0.4, 0.5) is 26.3 Å². The first-order chi connectivity index (χ1) is 14.6. The van der Waals surface area contributed by atoms with Crippen molar-refractivity contribution in [2.45, 2.75) is 37.4 Å². The topological polar surface area (TPSA) is 18.5 Å². The summed E-state index contributed by atoms with van der Waals surface area (Å²) < 4.78 is 89.6. The lowest BCUT2D eigenvalue weighted by molar-refractivity contribution is -0.181. The Bertz CT molecular complexity index is 882. The van der Waals surface area contributed by atoms with Crippen LogP contribution in [0.1, 0.15) is 34.6 Å². The van der Waals surface area contributed by atoms with Gasteiger partial charge in [0.1, 0.15) is 0 Å². The molecular formula is C23H20F6O2. The van der Waals surface area contributed by atoms with Crippen molar-refractivity contribution in [2.24, 2.45) is 5.92 Å². The summed E-state index contributed by atoms with van der Waals surface area (Å²) in [6.45, 7) is 0.231. The largest absolute Gasteiger partial charge is 0.416 e. The summed E-state index contributed by atoms with van der Waals surface area (Å²) in [5.74, 6) is 2.28. The summed E-state index contributed by atoms with van der Waals surface area (Å²) in [5, 5.41) is 0. The van der Waals surface area contributed by atoms with Crippen LogP contribution in [-0.4, -0.2) is 19.5 Å². The fourth-order valence-corrected chi connectivity index (χ4v) is 3.64. The minimum Gasteiger partial charge on any atom is -0.352 e. The molecule has 8 heteroatoms. The number of hydrogen-bond acceptors (Lipinski definition) is 2. The Kier molecular flexibility index (Phi) is 6.97. The van der Waals surface area contributed by atoms with E-state index >= 15 is 0 Å². The number of hydrogen-bond donors (Lipinski definition) is 0. The molecule has 0 spiro atoms. The molecule has 2 aromatic rings. The van der Waals surface area contributed by atoms with Crippen molar-refractivity contribution < 1.29 is 35.8 Å². The van der Waals surface area contributed by atoms with Gasteiger partial charge < -0.3 is 9.47 Å². The highest BCUT2D eigenvalue weighted by molar-refractivity contribution is 5.34. The first kappa shape index (κ1) is 23.2. The molecule has 1 fully saturated rings. The lowest BCUT2D eigenvalue weighted by atomic mass is 9.82. The SMILES string of the molecule is C#C[C@@H]1CCOC(OCCc2cc(C(F)(F)F)cc(C(F)(F)F)c2)[C@H]1c1ccccc1. The van der Waals surface area contributed by atoms with Gasteiger partial charge in [0.2, 0.25) is 0 Å². The predicted octanol–water partition coefficient (Wildman–Crippen LogP) is 6.06. The maximum absolute atomic E-state index is 13.0. The minimum atomic E-state index is -4.89. The predicted molar refractivity (Wildman–Crippen MR) is 102 cm³/mol. The van der Waals surface area contributed by atoms with Gasteiger partial charge in [-0.3, -0.25) is 0 Å². The molecule has 1 aliphatic heterocycles. The molecule has 3 atom stereocenters. The van der Waals surface area contributed by atoms with Gasteiger partial charge in [0, 0.05) is 11.8 Å². The molecule has 1 heterocycles. The fourth-order valence-electron chi connectivity index (χ4n) is 3.64. The van der Waals surface area contributed by atoms with Crippen LogP contribution in [0.3, 0.4) is 0 Å². The second kappa shape index (κ2) is 9.33. The standard InChI is InChI=1S/C23H20F6O2/c1-2-16-9-11-31-21(20(16)17-6-4-3-5-7-17)30-10-8-15-12-18(22(24,25)26)14-19(13-15)23(27,28)29/h1,3-7,12-14,16,20-21H,8-11H2/t16-,20-,21?/m1/s1.